The molecule has 10 heteroatoms. The van der Waals surface area contributed by atoms with Gasteiger partial charge in [0.25, 0.3) is 0 Å². The van der Waals surface area contributed by atoms with E-state index in [0.717, 1.165) is 11.8 Å². The van der Waals surface area contributed by atoms with Crippen molar-refractivity contribution in [3.8, 4) is 0 Å². The summed E-state index contributed by atoms with van der Waals surface area (Å²) in [7, 11) is 0. The molecule has 0 saturated carbocycles. The molecule has 116 valence electrons. The van der Waals surface area contributed by atoms with Gasteiger partial charge in [-0.05, 0) is 13.8 Å². The van der Waals surface area contributed by atoms with Gasteiger partial charge >= 0.3 is 11.7 Å². The first kappa shape index (κ1) is 17.0. The number of rotatable bonds is 7. The maximum absolute atomic E-state index is 11.1. The van der Waals surface area contributed by atoms with Gasteiger partial charge in [0.2, 0.25) is 5.91 Å². The molecule has 1 heterocycles. The van der Waals surface area contributed by atoms with Gasteiger partial charge in [-0.25, -0.2) is 4.79 Å². The Bertz CT molecular complexity index is 571. The molecule has 0 fully saturated rings. The van der Waals surface area contributed by atoms with Crippen molar-refractivity contribution in [1.29, 1.82) is 0 Å². The van der Waals surface area contributed by atoms with E-state index in [-0.39, 0.29) is 22.2 Å². The number of aromatic nitrogens is 2. The van der Waals surface area contributed by atoms with Gasteiger partial charge in [0, 0.05) is 19.2 Å². The van der Waals surface area contributed by atoms with Crippen LogP contribution in [0.15, 0.2) is 5.03 Å². The van der Waals surface area contributed by atoms with Crippen LogP contribution in [-0.4, -0.2) is 43.5 Å². The van der Waals surface area contributed by atoms with Crippen molar-refractivity contribution in [2.75, 3.05) is 5.75 Å². The molecule has 1 amide bonds. The predicted octanol–water partition coefficient (Wildman–Crippen LogP) is 0.801. The number of aryl methyl sites for hydroxylation is 2. The molecule has 0 aliphatic carbocycles. The summed E-state index contributed by atoms with van der Waals surface area (Å²) in [4.78, 5) is 32.6. The molecule has 2 N–H and O–H groups in total. The zero-order chi connectivity index (χ0) is 16.2. The van der Waals surface area contributed by atoms with E-state index in [1.54, 1.807) is 6.92 Å². The number of nitrogens with zero attached hydrogens (tertiary/aromatic N) is 3. The molecule has 21 heavy (non-hydrogen) atoms. The number of carboxylic acid groups (broad SMARTS) is 1. The van der Waals surface area contributed by atoms with Crippen LogP contribution in [0.5, 0.6) is 0 Å². The lowest BCUT2D eigenvalue weighted by Gasteiger charge is -2.12. The molecular weight excluding hydrogens is 300 g/mol. The Morgan fingerprint density at radius 1 is 1.57 bits per heavy atom. The Balaban J connectivity index is 2.98. The van der Waals surface area contributed by atoms with E-state index >= 15 is 0 Å². The Hall–Kier alpha value is -2.10. The fraction of sp³-hybridized carbons (Fsp3) is 0.545. The minimum atomic E-state index is -1.19. The van der Waals surface area contributed by atoms with Gasteiger partial charge in [-0.3, -0.25) is 19.6 Å². The molecule has 1 rings (SSSR count). The highest BCUT2D eigenvalue weighted by atomic mass is 32.2. The largest absolute Gasteiger partial charge is 0.480 e. The first-order valence-electron chi connectivity index (χ1n) is 6.12. The van der Waals surface area contributed by atoms with Crippen molar-refractivity contribution in [2.45, 2.75) is 38.4 Å². The first-order chi connectivity index (χ1) is 9.77. The Kier molecular flexibility index (Phi) is 5.70. The van der Waals surface area contributed by atoms with Gasteiger partial charge in [-0.2, -0.15) is 5.10 Å². The van der Waals surface area contributed by atoms with E-state index < -0.39 is 22.8 Å². The fourth-order valence-corrected chi connectivity index (χ4v) is 2.93. The maximum Gasteiger partial charge on any atom is 0.327 e. The lowest BCUT2D eigenvalue weighted by atomic mass is 10.3. The highest BCUT2D eigenvalue weighted by Crippen LogP contribution is 2.32. The number of amides is 1. The van der Waals surface area contributed by atoms with Crippen molar-refractivity contribution in [2.24, 2.45) is 0 Å². The number of aliphatic carboxylic acids is 1. The van der Waals surface area contributed by atoms with Crippen molar-refractivity contribution in [3.05, 3.63) is 15.8 Å². The zero-order valence-electron chi connectivity index (χ0n) is 11.8. The van der Waals surface area contributed by atoms with Gasteiger partial charge < -0.3 is 10.4 Å². The van der Waals surface area contributed by atoms with Crippen LogP contribution in [0.25, 0.3) is 0 Å². The summed E-state index contributed by atoms with van der Waals surface area (Å²) >= 11 is 0.989. The number of carboxylic acids is 1. The summed E-state index contributed by atoms with van der Waals surface area (Å²) in [6.45, 7) is 4.94. The highest BCUT2D eigenvalue weighted by molar-refractivity contribution is 7.99. The van der Waals surface area contributed by atoms with Crippen LogP contribution < -0.4 is 5.32 Å². The molecule has 1 aromatic heterocycles. The van der Waals surface area contributed by atoms with E-state index in [4.69, 9.17) is 5.11 Å². The van der Waals surface area contributed by atoms with Crippen LogP contribution in [0.4, 0.5) is 5.69 Å². The molecular formula is C11H16N4O5S. The van der Waals surface area contributed by atoms with Crippen LogP contribution in [0.2, 0.25) is 0 Å². The lowest BCUT2D eigenvalue weighted by Crippen LogP contribution is -2.41. The SMILES string of the molecule is CCn1nc(C)c([N+](=O)[O-])c1SCC(NC(C)=O)C(=O)O. The van der Waals surface area contributed by atoms with E-state index in [1.807, 2.05) is 0 Å². The van der Waals surface area contributed by atoms with Gasteiger partial charge in [-0.1, -0.05) is 11.8 Å². The number of hydrogen-bond donors (Lipinski definition) is 2. The topological polar surface area (TPSA) is 127 Å². The molecule has 1 atom stereocenters. The average Bonchev–Trinajstić information content (AvgIpc) is 2.69. The van der Waals surface area contributed by atoms with Crippen LogP contribution in [0.1, 0.15) is 19.5 Å². The summed E-state index contributed by atoms with van der Waals surface area (Å²) in [5, 5.41) is 26.7. The van der Waals surface area contributed by atoms with Crippen molar-refractivity contribution in [1.82, 2.24) is 15.1 Å². The summed E-state index contributed by atoms with van der Waals surface area (Å²) in [5.74, 6) is -1.70. The van der Waals surface area contributed by atoms with Gasteiger partial charge in [0.1, 0.15) is 11.7 Å². The first-order valence-corrected chi connectivity index (χ1v) is 7.11. The molecule has 0 spiro atoms. The summed E-state index contributed by atoms with van der Waals surface area (Å²) in [5.41, 5.74) is 0.143. The number of carbonyl (C=O) groups excluding carboxylic acids is 1. The Morgan fingerprint density at radius 3 is 2.62 bits per heavy atom. The normalized spacial score (nSPS) is 12.0. The Morgan fingerprint density at radius 2 is 2.19 bits per heavy atom. The van der Waals surface area contributed by atoms with Gasteiger partial charge in [0.05, 0.1) is 4.92 Å². The summed E-state index contributed by atoms with van der Waals surface area (Å²) < 4.78 is 1.45. The standard InChI is InChI=1S/C11H16N4O5S/c1-4-14-10(9(15(19)20)6(2)13-14)21-5-8(11(17)18)12-7(3)16/h8H,4-5H2,1-3H3,(H,12,16)(H,17,18). The smallest absolute Gasteiger partial charge is 0.327 e. The molecule has 1 unspecified atom stereocenters. The monoisotopic (exact) mass is 316 g/mol. The minimum Gasteiger partial charge on any atom is -0.480 e. The van der Waals surface area contributed by atoms with Crippen molar-refractivity contribution < 1.29 is 19.6 Å². The van der Waals surface area contributed by atoms with E-state index in [0.29, 0.717) is 6.54 Å². The quantitative estimate of drug-likeness (QED) is 0.432. The number of hydrogen-bond acceptors (Lipinski definition) is 6. The van der Waals surface area contributed by atoms with Crippen LogP contribution in [0.3, 0.4) is 0 Å². The fourth-order valence-electron chi connectivity index (χ4n) is 1.70. The van der Waals surface area contributed by atoms with Crippen molar-refractivity contribution >= 4 is 29.3 Å². The van der Waals surface area contributed by atoms with E-state index in [1.165, 1.54) is 18.5 Å². The number of nitrogens with one attached hydrogen (secondary N) is 1. The van der Waals surface area contributed by atoms with Crippen LogP contribution in [0, 0.1) is 17.0 Å². The number of carbonyl (C=O) groups is 2. The van der Waals surface area contributed by atoms with Gasteiger partial charge in [-0.15, -0.1) is 0 Å². The molecule has 0 radical (unpaired) electrons. The maximum atomic E-state index is 11.1. The van der Waals surface area contributed by atoms with Crippen molar-refractivity contribution in [3.63, 3.8) is 0 Å². The minimum absolute atomic E-state index is 0.0269. The Labute approximate surface area is 124 Å². The van der Waals surface area contributed by atoms with Crippen LogP contribution in [-0.2, 0) is 16.1 Å². The third kappa shape index (κ3) is 4.18. The lowest BCUT2D eigenvalue weighted by molar-refractivity contribution is -0.388. The third-order valence-electron chi connectivity index (χ3n) is 2.59. The number of thioether (sulfide) groups is 1. The molecule has 0 aliphatic heterocycles. The van der Waals surface area contributed by atoms with E-state index in [9.17, 15) is 19.7 Å². The number of nitro groups is 1. The van der Waals surface area contributed by atoms with E-state index in [2.05, 4.69) is 10.4 Å². The molecule has 0 bridgehead atoms. The second-order valence-corrected chi connectivity index (χ2v) is 5.22. The molecule has 0 aliphatic rings. The summed E-state index contributed by atoms with van der Waals surface area (Å²) in [6.07, 6.45) is 0. The van der Waals surface area contributed by atoms with Gasteiger partial charge in [0.15, 0.2) is 5.03 Å². The summed E-state index contributed by atoms with van der Waals surface area (Å²) in [6, 6.07) is -1.12. The molecule has 0 saturated heterocycles. The molecule has 0 aromatic carbocycles. The van der Waals surface area contributed by atoms with Crippen LogP contribution >= 0.6 is 11.8 Å². The second-order valence-electron chi connectivity index (χ2n) is 4.21. The third-order valence-corrected chi connectivity index (χ3v) is 3.77. The molecule has 1 aromatic rings. The molecule has 9 nitrogen and oxygen atoms in total. The predicted molar refractivity (Wildman–Crippen MR) is 75.3 cm³/mol. The highest BCUT2D eigenvalue weighted by Gasteiger charge is 2.27. The second kappa shape index (κ2) is 7.07. The zero-order valence-corrected chi connectivity index (χ0v) is 12.6. The average molecular weight is 316 g/mol.